The van der Waals surface area contributed by atoms with E-state index in [1.165, 1.54) is 45.2 Å². The molecule has 2 nitrogen and oxygen atoms in total. The van der Waals surface area contributed by atoms with E-state index in [4.69, 9.17) is 0 Å². The minimum atomic E-state index is 0.736. The van der Waals surface area contributed by atoms with Gasteiger partial charge in [0.1, 0.15) is 0 Å². The van der Waals surface area contributed by atoms with Crippen LogP contribution in [0.25, 0.3) is 0 Å². The number of piperidine rings is 1. The number of nitrogens with one attached hydrogen (secondary N) is 1. The van der Waals surface area contributed by atoms with Gasteiger partial charge in [-0.15, -0.1) is 0 Å². The van der Waals surface area contributed by atoms with Crippen LogP contribution in [-0.4, -0.2) is 36.1 Å². The number of likely N-dealkylation sites (tertiary alicyclic amines) is 1. The Balaban J connectivity index is 1.94. The zero-order valence-electron chi connectivity index (χ0n) is 14.4. The summed E-state index contributed by atoms with van der Waals surface area (Å²) in [6, 6.07) is 2.32. The molecule has 0 spiro atoms. The Hall–Kier alpha value is -0.0800. The van der Waals surface area contributed by atoms with Gasteiger partial charge in [0.2, 0.25) is 0 Å². The van der Waals surface area contributed by atoms with Gasteiger partial charge in [-0.3, -0.25) is 4.90 Å². The molecule has 1 saturated carbocycles. The van der Waals surface area contributed by atoms with Crippen LogP contribution in [0.5, 0.6) is 0 Å². The van der Waals surface area contributed by atoms with Crippen molar-refractivity contribution in [3.63, 3.8) is 0 Å². The maximum absolute atomic E-state index is 3.77. The van der Waals surface area contributed by atoms with Crippen LogP contribution in [-0.2, 0) is 0 Å². The van der Waals surface area contributed by atoms with Crippen molar-refractivity contribution in [1.82, 2.24) is 10.2 Å². The lowest BCUT2D eigenvalue weighted by atomic mass is 9.77. The molecular formula is C18H36N2. The van der Waals surface area contributed by atoms with E-state index < -0.39 is 0 Å². The third-order valence-electron chi connectivity index (χ3n) is 5.90. The molecule has 0 bridgehead atoms. The zero-order chi connectivity index (χ0) is 14.7. The molecule has 118 valence electrons. The van der Waals surface area contributed by atoms with Crippen LogP contribution in [0.15, 0.2) is 0 Å². The molecule has 5 unspecified atom stereocenters. The maximum Gasteiger partial charge on any atom is 0.0120 e. The highest BCUT2D eigenvalue weighted by Crippen LogP contribution is 2.35. The van der Waals surface area contributed by atoms with Gasteiger partial charge in [-0.25, -0.2) is 0 Å². The zero-order valence-corrected chi connectivity index (χ0v) is 14.4. The largest absolute Gasteiger partial charge is 0.314 e. The molecule has 0 aromatic heterocycles. The van der Waals surface area contributed by atoms with Gasteiger partial charge in [-0.05, 0) is 63.3 Å². The number of hydrogen-bond donors (Lipinski definition) is 1. The SMILES string of the molecule is CCCNC1CCN(C2CC(C)CC(C)C2)C(C)C1C. The van der Waals surface area contributed by atoms with Crippen LogP contribution < -0.4 is 5.32 Å². The minimum Gasteiger partial charge on any atom is -0.314 e. The Morgan fingerprint density at radius 2 is 1.65 bits per heavy atom. The molecule has 1 saturated heterocycles. The van der Waals surface area contributed by atoms with Crippen molar-refractivity contribution in [3.05, 3.63) is 0 Å². The third-order valence-corrected chi connectivity index (χ3v) is 5.90. The number of hydrogen-bond acceptors (Lipinski definition) is 2. The summed E-state index contributed by atoms with van der Waals surface area (Å²) in [6.45, 7) is 14.6. The first-order valence-electron chi connectivity index (χ1n) is 9.02. The molecule has 20 heavy (non-hydrogen) atoms. The molecule has 1 aliphatic carbocycles. The smallest absolute Gasteiger partial charge is 0.0120 e. The topological polar surface area (TPSA) is 15.3 Å². The normalized spacial score (nSPS) is 43.6. The van der Waals surface area contributed by atoms with Crippen LogP contribution in [0.1, 0.15) is 66.7 Å². The first-order valence-corrected chi connectivity index (χ1v) is 9.02. The third kappa shape index (κ3) is 3.76. The van der Waals surface area contributed by atoms with E-state index in [9.17, 15) is 0 Å². The Morgan fingerprint density at radius 1 is 1.00 bits per heavy atom. The Morgan fingerprint density at radius 3 is 2.25 bits per heavy atom. The van der Waals surface area contributed by atoms with E-state index in [2.05, 4.69) is 44.8 Å². The van der Waals surface area contributed by atoms with Gasteiger partial charge in [0.05, 0.1) is 0 Å². The molecule has 1 heterocycles. The standard InChI is InChI=1S/C18H36N2/c1-6-8-19-18-7-9-20(16(5)15(18)4)17-11-13(2)10-14(3)12-17/h13-19H,6-12H2,1-5H3. The van der Waals surface area contributed by atoms with E-state index in [0.29, 0.717) is 0 Å². The molecule has 0 aromatic rings. The van der Waals surface area contributed by atoms with Crippen LogP contribution >= 0.6 is 0 Å². The Bertz CT molecular complexity index is 281. The highest BCUT2D eigenvalue weighted by molar-refractivity contribution is 4.93. The fraction of sp³-hybridized carbons (Fsp3) is 1.00. The van der Waals surface area contributed by atoms with Crippen molar-refractivity contribution >= 4 is 0 Å². The van der Waals surface area contributed by atoms with Gasteiger partial charge in [0.15, 0.2) is 0 Å². The van der Waals surface area contributed by atoms with Crippen molar-refractivity contribution in [2.24, 2.45) is 17.8 Å². The predicted molar refractivity (Wildman–Crippen MR) is 88.0 cm³/mol. The van der Waals surface area contributed by atoms with Gasteiger partial charge < -0.3 is 5.32 Å². The number of rotatable bonds is 4. The highest BCUT2D eigenvalue weighted by atomic mass is 15.2. The first-order chi connectivity index (χ1) is 9.52. The lowest BCUT2D eigenvalue weighted by Crippen LogP contribution is -2.57. The predicted octanol–water partition coefficient (Wildman–Crippen LogP) is 3.91. The van der Waals surface area contributed by atoms with Crippen molar-refractivity contribution in [2.75, 3.05) is 13.1 Å². The molecule has 5 atom stereocenters. The summed E-state index contributed by atoms with van der Waals surface area (Å²) in [7, 11) is 0. The summed E-state index contributed by atoms with van der Waals surface area (Å²) < 4.78 is 0. The molecule has 0 amide bonds. The Labute approximate surface area is 126 Å². The number of nitrogens with zero attached hydrogens (tertiary/aromatic N) is 1. The van der Waals surface area contributed by atoms with Gasteiger partial charge in [-0.1, -0.05) is 27.7 Å². The van der Waals surface area contributed by atoms with Crippen molar-refractivity contribution < 1.29 is 0 Å². The van der Waals surface area contributed by atoms with Gasteiger partial charge in [0.25, 0.3) is 0 Å². The quantitative estimate of drug-likeness (QED) is 0.840. The van der Waals surface area contributed by atoms with E-state index in [-0.39, 0.29) is 0 Å². The summed E-state index contributed by atoms with van der Waals surface area (Å²) in [5.74, 6) is 2.62. The van der Waals surface area contributed by atoms with E-state index in [0.717, 1.165) is 35.9 Å². The van der Waals surface area contributed by atoms with Crippen LogP contribution in [0.4, 0.5) is 0 Å². The molecule has 1 N–H and O–H groups in total. The van der Waals surface area contributed by atoms with Gasteiger partial charge in [-0.2, -0.15) is 0 Å². The summed E-state index contributed by atoms with van der Waals surface area (Å²) in [5.41, 5.74) is 0. The Kier molecular flexibility index (Phi) is 5.92. The van der Waals surface area contributed by atoms with Gasteiger partial charge in [0, 0.05) is 24.7 Å². The second kappa shape index (κ2) is 7.26. The van der Waals surface area contributed by atoms with Crippen molar-refractivity contribution in [1.29, 1.82) is 0 Å². The fourth-order valence-corrected chi connectivity index (χ4v) is 4.70. The molecule has 0 aromatic carbocycles. The average molecular weight is 280 g/mol. The monoisotopic (exact) mass is 280 g/mol. The van der Waals surface area contributed by atoms with E-state index in [1.807, 2.05) is 0 Å². The molecular weight excluding hydrogens is 244 g/mol. The lowest BCUT2D eigenvalue weighted by Gasteiger charge is -2.49. The molecule has 2 aliphatic rings. The molecule has 0 radical (unpaired) electrons. The summed E-state index contributed by atoms with van der Waals surface area (Å²) in [5, 5.41) is 3.77. The maximum atomic E-state index is 3.77. The first kappa shape index (κ1) is 16.3. The van der Waals surface area contributed by atoms with Crippen LogP contribution in [0.3, 0.4) is 0 Å². The summed E-state index contributed by atoms with van der Waals surface area (Å²) >= 11 is 0. The second-order valence-corrected chi connectivity index (χ2v) is 7.76. The highest BCUT2D eigenvalue weighted by Gasteiger charge is 2.37. The van der Waals surface area contributed by atoms with Crippen LogP contribution in [0.2, 0.25) is 0 Å². The fourth-order valence-electron chi connectivity index (χ4n) is 4.70. The van der Waals surface area contributed by atoms with E-state index >= 15 is 0 Å². The second-order valence-electron chi connectivity index (χ2n) is 7.76. The molecule has 2 rings (SSSR count). The minimum absolute atomic E-state index is 0.736. The molecule has 1 aliphatic heterocycles. The average Bonchev–Trinajstić information content (AvgIpc) is 2.39. The lowest BCUT2D eigenvalue weighted by molar-refractivity contribution is 0.0145. The van der Waals surface area contributed by atoms with Crippen molar-refractivity contribution in [2.45, 2.75) is 84.8 Å². The van der Waals surface area contributed by atoms with Crippen molar-refractivity contribution in [3.8, 4) is 0 Å². The summed E-state index contributed by atoms with van der Waals surface area (Å²) in [6.07, 6.45) is 6.88. The van der Waals surface area contributed by atoms with E-state index in [1.54, 1.807) is 0 Å². The summed E-state index contributed by atoms with van der Waals surface area (Å²) in [4.78, 5) is 2.85. The molecule has 2 heteroatoms. The van der Waals surface area contributed by atoms with Crippen LogP contribution in [0, 0.1) is 17.8 Å². The molecule has 2 fully saturated rings. The van der Waals surface area contributed by atoms with Gasteiger partial charge >= 0.3 is 0 Å².